The Hall–Kier alpha value is -2.54. The second kappa shape index (κ2) is 12.2. The van der Waals surface area contributed by atoms with Gasteiger partial charge in [0.2, 0.25) is 5.91 Å². The molecule has 0 saturated heterocycles. The molecule has 1 aromatic heterocycles. The van der Waals surface area contributed by atoms with Crippen molar-refractivity contribution in [2.24, 2.45) is 12.0 Å². The van der Waals surface area contributed by atoms with Crippen LogP contribution in [0.3, 0.4) is 0 Å². The van der Waals surface area contributed by atoms with Gasteiger partial charge in [-0.05, 0) is 57.9 Å². The molecule has 0 radical (unpaired) electrons. The van der Waals surface area contributed by atoms with Crippen molar-refractivity contribution in [3.63, 3.8) is 0 Å². The molecule has 0 aliphatic heterocycles. The molecule has 2 rings (SSSR count). The highest BCUT2D eigenvalue weighted by Gasteiger charge is 2.14. The molecule has 162 valence electrons. The highest BCUT2D eigenvalue weighted by Crippen LogP contribution is 2.14. The van der Waals surface area contributed by atoms with Gasteiger partial charge in [0.05, 0.1) is 5.69 Å². The Morgan fingerprint density at radius 3 is 2.70 bits per heavy atom. The maximum atomic E-state index is 12.3. The van der Waals surface area contributed by atoms with Gasteiger partial charge in [0.1, 0.15) is 6.54 Å². The zero-order valence-electron chi connectivity index (χ0n) is 18.2. The lowest BCUT2D eigenvalue weighted by atomic mass is 10.1. The predicted molar refractivity (Wildman–Crippen MR) is 133 cm³/mol. The van der Waals surface area contributed by atoms with Crippen LogP contribution in [0.25, 0.3) is 0 Å². The molecule has 30 heavy (non-hydrogen) atoms. The second-order valence-electron chi connectivity index (χ2n) is 6.99. The number of carbonyl (C=O) groups is 1. The minimum absolute atomic E-state index is 0. The fourth-order valence-corrected chi connectivity index (χ4v) is 3.06. The molecule has 3 N–H and O–H groups in total. The van der Waals surface area contributed by atoms with Crippen LogP contribution in [0.1, 0.15) is 36.4 Å². The summed E-state index contributed by atoms with van der Waals surface area (Å²) in [5.74, 6) is 2.95. The molecule has 1 aromatic carbocycles. The third kappa shape index (κ3) is 7.37. The number of carbonyl (C=O) groups excluding carboxylic acids is 1. The highest BCUT2D eigenvalue weighted by atomic mass is 127. The molecule has 1 atom stereocenters. The highest BCUT2D eigenvalue weighted by molar-refractivity contribution is 14.0. The summed E-state index contributed by atoms with van der Waals surface area (Å²) in [6.45, 7) is 8.88. The lowest BCUT2D eigenvalue weighted by molar-refractivity contribution is -0.114. The third-order valence-electron chi connectivity index (χ3n) is 4.59. The third-order valence-corrected chi connectivity index (χ3v) is 4.59. The van der Waals surface area contributed by atoms with Gasteiger partial charge in [0.25, 0.3) is 0 Å². The monoisotopic (exact) mass is 522 g/mol. The largest absolute Gasteiger partial charge is 0.357 e. The molecule has 0 spiro atoms. The van der Waals surface area contributed by atoms with Crippen LogP contribution < -0.4 is 16.0 Å². The van der Waals surface area contributed by atoms with E-state index in [4.69, 9.17) is 6.42 Å². The Bertz CT molecular complexity index is 928. The normalized spacial score (nSPS) is 11.8. The molecule has 2 aromatic rings. The van der Waals surface area contributed by atoms with Crippen molar-refractivity contribution in [3.05, 3.63) is 46.8 Å². The number of guanidine groups is 1. The molecular formula is C22H31IN6O. The van der Waals surface area contributed by atoms with Gasteiger partial charge in [0, 0.05) is 36.6 Å². The smallest absolute Gasteiger partial charge is 0.246 e. The zero-order valence-corrected chi connectivity index (χ0v) is 20.6. The molecule has 7 nitrogen and oxygen atoms in total. The summed E-state index contributed by atoms with van der Waals surface area (Å²) in [7, 11) is 1.95. The van der Waals surface area contributed by atoms with Gasteiger partial charge in [0.15, 0.2) is 5.96 Å². The summed E-state index contributed by atoms with van der Waals surface area (Å²) in [4.78, 5) is 16.7. The quantitative estimate of drug-likeness (QED) is 0.226. The fourth-order valence-electron chi connectivity index (χ4n) is 3.06. The van der Waals surface area contributed by atoms with E-state index in [1.54, 1.807) is 12.1 Å². The Morgan fingerprint density at radius 1 is 1.37 bits per heavy atom. The molecule has 0 aliphatic carbocycles. The molecule has 0 saturated carbocycles. The van der Waals surface area contributed by atoms with Gasteiger partial charge in [-0.15, -0.1) is 30.4 Å². The Labute approximate surface area is 196 Å². The van der Waals surface area contributed by atoms with E-state index in [2.05, 4.69) is 45.8 Å². The molecule has 0 fully saturated rings. The number of hydrogen-bond acceptors (Lipinski definition) is 3. The maximum Gasteiger partial charge on any atom is 0.246 e. The van der Waals surface area contributed by atoms with Crippen LogP contribution in [-0.2, 0) is 18.3 Å². The number of terminal acetylenes is 1. The van der Waals surface area contributed by atoms with Crippen molar-refractivity contribution in [2.75, 3.05) is 18.4 Å². The van der Waals surface area contributed by atoms with Crippen LogP contribution in [0, 0.1) is 26.2 Å². The molecule has 1 amide bonds. The number of aryl methyl sites for hydroxylation is 2. The van der Waals surface area contributed by atoms with E-state index >= 15 is 0 Å². The summed E-state index contributed by atoms with van der Waals surface area (Å²) >= 11 is 0. The van der Waals surface area contributed by atoms with Crippen molar-refractivity contribution in [2.45, 2.75) is 40.2 Å². The van der Waals surface area contributed by atoms with Crippen LogP contribution in [0.4, 0.5) is 5.69 Å². The number of nitrogens with one attached hydrogen (secondary N) is 3. The number of anilines is 1. The van der Waals surface area contributed by atoms with Crippen LogP contribution in [0.5, 0.6) is 0 Å². The first-order chi connectivity index (χ1) is 13.8. The van der Waals surface area contributed by atoms with Gasteiger partial charge in [-0.2, -0.15) is 5.10 Å². The molecular weight excluding hydrogens is 491 g/mol. The number of benzene rings is 1. The molecule has 1 unspecified atom stereocenters. The Morgan fingerprint density at radius 2 is 2.10 bits per heavy atom. The standard InChI is InChI=1S/C22H30N6O.HI/c1-7-18-10-9-11-19(13-18)26-21(29)14-24-22(23-8-2)25-15(3)12-20-16(4)27-28(6)17(20)5;/h1,9-11,13,15H,8,12,14H2,2-6H3,(H,26,29)(H2,23,24,25);1H. The van der Waals surface area contributed by atoms with Crippen molar-refractivity contribution in [1.82, 2.24) is 20.4 Å². The molecule has 8 heteroatoms. The number of halogens is 1. The summed E-state index contributed by atoms with van der Waals surface area (Å²) in [6, 6.07) is 7.31. The van der Waals surface area contributed by atoms with Crippen molar-refractivity contribution < 1.29 is 4.79 Å². The number of nitrogens with zero attached hydrogens (tertiary/aromatic N) is 3. The van der Waals surface area contributed by atoms with E-state index in [9.17, 15) is 4.79 Å². The predicted octanol–water partition coefficient (Wildman–Crippen LogP) is 2.76. The topological polar surface area (TPSA) is 83.3 Å². The lowest BCUT2D eigenvalue weighted by Gasteiger charge is -2.18. The van der Waals surface area contributed by atoms with Gasteiger partial charge >= 0.3 is 0 Å². The number of aliphatic imine (C=N–C) groups is 1. The average molecular weight is 522 g/mol. The van der Waals surface area contributed by atoms with E-state index in [-0.39, 0.29) is 42.5 Å². The van der Waals surface area contributed by atoms with Gasteiger partial charge in [-0.3, -0.25) is 9.48 Å². The SMILES string of the molecule is C#Cc1cccc(NC(=O)CN=C(NCC)NC(C)Cc2c(C)nn(C)c2C)c1.I. The van der Waals surface area contributed by atoms with E-state index in [1.807, 2.05) is 37.7 Å². The fraction of sp³-hybridized carbons (Fsp3) is 0.409. The van der Waals surface area contributed by atoms with Gasteiger partial charge in [-0.25, -0.2) is 4.99 Å². The molecule has 0 bridgehead atoms. The maximum absolute atomic E-state index is 12.3. The minimum Gasteiger partial charge on any atom is -0.357 e. The van der Waals surface area contributed by atoms with Crippen LogP contribution in [0.2, 0.25) is 0 Å². The number of rotatable bonds is 7. The van der Waals surface area contributed by atoms with Crippen molar-refractivity contribution in [1.29, 1.82) is 0 Å². The van der Waals surface area contributed by atoms with Gasteiger partial charge < -0.3 is 16.0 Å². The van der Waals surface area contributed by atoms with E-state index in [0.717, 1.165) is 23.4 Å². The van der Waals surface area contributed by atoms with Crippen LogP contribution in [-0.4, -0.2) is 40.8 Å². The van der Waals surface area contributed by atoms with Crippen molar-refractivity contribution in [3.8, 4) is 12.3 Å². The average Bonchev–Trinajstić information content (AvgIpc) is 2.92. The first-order valence-corrected chi connectivity index (χ1v) is 9.74. The lowest BCUT2D eigenvalue weighted by Crippen LogP contribution is -2.43. The van der Waals surface area contributed by atoms with Crippen molar-refractivity contribution >= 4 is 41.5 Å². The second-order valence-corrected chi connectivity index (χ2v) is 6.99. The molecule has 1 heterocycles. The summed E-state index contributed by atoms with van der Waals surface area (Å²) in [6.07, 6.45) is 6.22. The van der Waals surface area contributed by atoms with E-state index < -0.39 is 0 Å². The Balaban J connectivity index is 0.00000450. The van der Waals surface area contributed by atoms with E-state index in [0.29, 0.717) is 18.2 Å². The first-order valence-electron chi connectivity index (χ1n) is 9.74. The number of amides is 1. The van der Waals surface area contributed by atoms with Crippen LogP contribution >= 0.6 is 24.0 Å². The summed E-state index contributed by atoms with van der Waals surface area (Å²) in [5.41, 5.74) is 4.81. The molecule has 0 aliphatic rings. The number of aromatic nitrogens is 2. The van der Waals surface area contributed by atoms with Gasteiger partial charge in [-0.1, -0.05) is 12.0 Å². The summed E-state index contributed by atoms with van der Waals surface area (Å²) < 4.78 is 1.90. The minimum atomic E-state index is -0.206. The Kier molecular flexibility index (Phi) is 10.4. The van der Waals surface area contributed by atoms with Crippen LogP contribution in [0.15, 0.2) is 29.3 Å². The number of hydrogen-bond donors (Lipinski definition) is 3. The first kappa shape index (κ1) is 25.5. The summed E-state index contributed by atoms with van der Waals surface area (Å²) in [5, 5.41) is 13.8. The zero-order chi connectivity index (χ0) is 21.4. The van der Waals surface area contributed by atoms with E-state index in [1.165, 1.54) is 5.56 Å².